The first-order valence-corrected chi connectivity index (χ1v) is 5.04. The third kappa shape index (κ3) is 3.59. The molecule has 0 saturated heterocycles. The van der Waals surface area contributed by atoms with Gasteiger partial charge < -0.3 is 5.32 Å². The molecule has 0 bridgehead atoms. The Morgan fingerprint density at radius 1 is 1.36 bits per heavy atom. The molecule has 0 aliphatic rings. The highest BCUT2D eigenvalue weighted by Gasteiger charge is 1.99. The van der Waals surface area contributed by atoms with Gasteiger partial charge in [-0.2, -0.15) is 0 Å². The first kappa shape index (κ1) is 11.4. The fraction of sp³-hybridized carbons (Fsp3) is 0.273. The summed E-state index contributed by atoms with van der Waals surface area (Å²) < 4.78 is 0. The summed E-state index contributed by atoms with van der Waals surface area (Å²) in [6.45, 7) is 3.17. The van der Waals surface area contributed by atoms with Gasteiger partial charge in [0, 0.05) is 16.6 Å². The van der Waals surface area contributed by atoms with E-state index in [4.69, 9.17) is 23.2 Å². The molecule has 0 saturated carbocycles. The minimum absolute atomic E-state index is 0.666. The molecule has 1 nitrogen and oxygen atoms in total. The van der Waals surface area contributed by atoms with Crippen LogP contribution < -0.4 is 5.32 Å². The van der Waals surface area contributed by atoms with E-state index in [1.54, 1.807) is 12.1 Å². The van der Waals surface area contributed by atoms with Gasteiger partial charge in [0.1, 0.15) is 0 Å². The number of benzene rings is 1. The lowest BCUT2D eigenvalue weighted by Crippen LogP contribution is -2.13. The van der Waals surface area contributed by atoms with Crippen LogP contribution in [-0.2, 0) is 6.54 Å². The van der Waals surface area contributed by atoms with Gasteiger partial charge in [0.05, 0.1) is 6.54 Å². The number of halogens is 2. The van der Waals surface area contributed by atoms with Crippen molar-refractivity contribution in [3.8, 4) is 11.8 Å². The number of hydrogen-bond acceptors (Lipinski definition) is 1. The second-order valence-electron chi connectivity index (χ2n) is 2.77. The second kappa shape index (κ2) is 5.93. The van der Waals surface area contributed by atoms with E-state index in [-0.39, 0.29) is 0 Å². The molecule has 1 rings (SSSR count). The van der Waals surface area contributed by atoms with Gasteiger partial charge in [-0.25, -0.2) is 0 Å². The second-order valence-corrected chi connectivity index (χ2v) is 3.61. The van der Waals surface area contributed by atoms with Crippen LogP contribution >= 0.6 is 23.2 Å². The average molecular weight is 228 g/mol. The van der Waals surface area contributed by atoms with Crippen molar-refractivity contribution < 1.29 is 0 Å². The SMILES string of the molecule is CC#CCNCc1cc(Cl)ccc1Cl. The van der Waals surface area contributed by atoms with E-state index in [0.717, 1.165) is 10.6 Å². The molecule has 74 valence electrons. The molecule has 1 aromatic carbocycles. The Morgan fingerprint density at radius 2 is 2.14 bits per heavy atom. The molecule has 0 amide bonds. The van der Waals surface area contributed by atoms with E-state index >= 15 is 0 Å². The lowest BCUT2D eigenvalue weighted by atomic mass is 10.2. The van der Waals surface area contributed by atoms with Crippen molar-refractivity contribution in [1.29, 1.82) is 0 Å². The molecular formula is C11H11Cl2N. The molecule has 0 unspecified atom stereocenters. The fourth-order valence-corrected chi connectivity index (χ4v) is 1.41. The van der Waals surface area contributed by atoms with Crippen molar-refractivity contribution in [2.24, 2.45) is 0 Å². The predicted octanol–water partition coefficient (Wildman–Crippen LogP) is 3.11. The number of rotatable bonds is 3. The van der Waals surface area contributed by atoms with Crippen LogP contribution in [0.3, 0.4) is 0 Å². The summed E-state index contributed by atoms with van der Waals surface area (Å²) in [6, 6.07) is 5.43. The fourth-order valence-electron chi connectivity index (χ4n) is 1.03. The van der Waals surface area contributed by atoms with E-state index in [0.29, 0.717) is 18.1 Å². The zero-order chi connectivity index (χ0) is 10.4. The van der Waals surface area contributed by atoms with Crippen LogP contribution in [0.25, 0.3) is 0 Å². The molecule has 0 aliphatic carbocycles. The van der Waals surface area contributed by atoms with Crippen molar-refractivity contribution in [2.45, 2.75) is 13.5 Å². The summed E-state index contributed by atoms with van der Waals surface area (Å²) in [5.41, 5.74) is 0.997. The van der Waals surface area contributed by atoms with Gasteiger partial charge in [-0.1, -0.05) is 29.1 Å². The molecule has 0 radical (unpaired) electrons. The summed E-state index contributed by atoms with van der Waals surface area (Å²) in [5, 5.41) is 4.58. The van der Waals surface area contributed by atoms with Gasteiger partial charge in [0.25, 0.3) is 0 Å². The van der Waals surface area contributed by atoms with E-state index in [1.165, 1.54) is 0 Å². The Kier molecular flexibility index (Phi) is 4.82. The summed E-state index contributed by atoms with van der Waals surface area (Å²) in [4.78, 5) is 0. The Balaban J connectivity index is 2.56. The van der Waals surface area contributed by atoms with Crippen LogP contribution in [0.5, 0.6) is 0 Å². The smallest absolute Gasteiger partial charge is 0.0579 e. The zero-order valence-corrected chi connectivity index (χ0v) is 9.41. The van der Waals surface area contributed by atoms with Crippen molar-refractivity contribution >= 4 is 23.2 Å². The lowest BCUT2D eigenvalue weighted by Gasteiger charge is -2.04. The maximum Gasteiger partial charge on any atom is 0.0579 e. The van der Waals surface area contributed by atoms with Gasteiger partial charge in [0.2, 0.25) is 0 Å². The van der Waals surface area contributed by atoms with Crippen molar-refractivity contribution in [3.05, 3.63) is 33.8 Å². The largest absolute Gasteiger partial charge is 0.302 e. The van der Waals surface area contributed by atoms with Gasteiger partial charge in [0.15, 0.2) is 0 Å². The maximum absolute atomic E-state index is 5.97. The van der Waals surface area contributed by atoms with Gasteiger partial charge >= 0.3 is 0 Å². The van der Waals surface area contributed by atoms with Crippen molar-refractivity contribution in [3.63, 3.8) is 0 Å². The molecule has 14 heavy (non-hydrogen) atoms. The van der Waals surface area contributed by atoms with Crippen LogP contribution in [0.15, 0.2) is 18.2 Å². The molecule has 0 fully saturated rings. The number of nitrogens with one attached hydrogen (secondary N) is 1. The highest BCUT2D eigenvalue weighted by molar-refractivity contribution is 6.33. The third-order valence-electron chi connectivity index (χ3n) is 1.71. The molecule has 0 aromatic heterocycles. The standard InChI is InChI=1S/C11H11Cl2N/c1-2-3-6-14-8-9-7-10(12)4-5-11(9)13/h4-5,7,14H,6,8H2,1H3. The van der Waals surface area contributed by atoms with Gasteiger partial charge in [-0.3, -0.25) is 0 Å². The van der Waals surface area contributed by atoms with Crippen LogP contribution in [0.2, 0.25) is 10.0 Å². The molecule has 3 heteroatoms. The first-order chi connectivity index (χ1) is 6.74. The van der Waals surface area contributed by atoms with E-state index in [1.807, 2.05) is 13.0 Å². The summed E-state index contributed by atoms with van der Waals surface area (Å²) in [7, 11) is 0. The van der Waals surface area contributed by atoms with E-state index in [9.17, 15) is 0 Å². The maximum atomic E-state index is 5.97. The molecule has 1 aromatic rings. The monoisotopic (exact) mass is 227 g/mol. The Morgan fingerprint density at radius 3 is 2.86 bits per heavy atom. The van der Waals surface area contributed by atoms with Gasteiger partial charge in [-0.15, -0.1) is 5.92 Å². The minimum Gasteiger partial charge on any atom is -0.302 e. The molecular weight excluding hydrogens is 217 g/mol. The Bertz CT molecular complexity index is 363. The topological polar surface area (TPSA) is 12.0 Å². The molecule has 0 heterocycles. The van der Waals surface area contributed by atoms with Crippen LogP contribution in [0.4, 0.5) is 0 Å². The molecule has 1 N–H and O–H groups in total. The molecule has 0 aliphatic heterocycles. The van der Waals surface area contributed by atoms with Crippen molar-refractivity contribution in [1.82, 2.24) is 5.32 Å². The summed E-state index contributed by atoms with van der Waals surface area (Å²) >= 11 is 11.8. The van der Waals surface area contributed by atoms with E-state index in [2.05, 4.69) is 17.2 Å². The minimum atomic E-state index is 0.666. The predicted molar refractivity (Wildman–Crippen MR) is 61.6 cm³/mol. The third-order valence-corrected chi connectivity index (χ3v) is 2.32. The molecule has 0 atom stereocenters. The van der Waals surface area contributed by atoms with Crippen LogP contribution in [-0.4, -0.2) is 6.54 Å². The zero-order valence-electron chi connectivity index (χ0n) is 7.90. The number of hydrogen-bond donors (Lipinski definition) is 1. The highest BCUT2D eigenvalue weighted by atomic mass is 35.5. The summed E-state index contributed by atoms with van der Waals surface area (Å²) in [5.74, 6) is 5.72. The lowest BCUT2D eigenvalue weighted by molar-refractivity contribution is 0.770. The Hall–Kier alpha value is -0.680. The first-order valence-electron chi connectivity index (χ1n) is 4.28. The van der Waals surface area contributed by atoms with Crippen LogP contribution in [0.1, 0.15) is 12.5 Å². The summed E-state index contributed by atoms with van der Waals surface area (Å²) in [6.07, 6.45) is 0. The quantitative estimate of drug-likeness (QED) is 0.619. The normalized spacial score (nSPS) is 9.36. The van der Waals surface area contributed by atoms with Crippen molar-refractivity contribution in [2.75, 3.05) is 6.54 Å². The van der Waals surface area contributed by atoms with Gasteiger partial charge in [-0.05, 0) is 30.7 Å². The highest BCUT2D eigenvalue weighted by Crippen LogP contribution is 2.20. The van der Waals surface area contributed by atoms with E-state index < -0.39 is 0 Å². The van der Waals surface area contributed by atoms with Crippen LogP contribution in [0, 0.1) is 11.8 Å². The average Bonchev–Trinajstić information content (AvgIpc) is 2.18. The Labute approximate surface area is 94.4 Å². The molecule has 0 spiro atoms.